The Balaban J connectivity index is 2.82. The van der Waals surface area contributed by atoms with Gasteiger partial charge in [0.1, 0.15) is 11.3 Å². The summed E-state index contributed by atoms with van der Waals surface area (Å²) in [6.07, 6.45) is 0.650. The normalized spacial score (nSPS) is 14.4. The van der Waals surface area contributed by atoms with Crippen LogP contribution >= 0.6 is 0 Å². The highest BCUT2D eigenvalue weighted by atomic mass is 16.5. The molecule has 1 unspecified atom stereocenters. The first-order valence-corrected chi connectivity index (χ1v) is 7.06. The third-order valence-electron chi connectivity index (χ3n) is 3.60. The maximum atomic E-state index is 9.13. The molecule has 1 N–H and O–H groups in total. The van der Waals surface area contributed by atoms with Crippen molar-refractivity contribution in [1.82, 2.24) is 5.32 Å². The predicted molar refractivity (Wildman–Crippen MR) is 83.1 cm³/mol. The van der Waals surface area contributed by atoms with E-state index in [9.17, 15) is 0 Å². The molecule has 1 aromatic rings. The van der Waals surface area contributed by atoms with E-state index in [1.165, 1.54) is 11.1 Å². The van der Waals surface area contributed by atoms with Crippen LogP contribution in [0.2, 0.25) is 0 Å². The van der Waals surface area contributed by atoms with Gasteiger partial charge in [-0.3, -0.25) is 0 Å². The number of nitrogens with one attached hydrogen (secondary N) is 1. The minimum atomic E-state index is -0.535. The molecule has 0 fully saturated rings. The van der Waals surface area contributed by atoms with E-state index in [0.29, 0.717) is 13.0 Å². The van der Waals surface area contributed by atoms with Gasteiger partial charge in [-0.05, 0) is 37.9 Å². The molecule has 0 amide bonds. The summed E-state index contributed by atoms with van der Waals surface area (Å²) in [5, 5.41) is 12.2. The second-order valence-electron chi connectivity index (χ2n) is 6.54. The highest BCUT2D eigenvalue weighted by Gasteiger charge is 2.22. The topological polar surface area (TPSA) is 45.0 Å². The fourth-order valence-corrected chi connectivity index (χ4v) is 1.96. The summed E-state index contributed by atoms with van der Waals surface area (Å²) in [5.74, 6) is 0.916. The van der Waals surface area contributed by atoms with E-state index >= 15 is 0 Å². The van der Waals surface area contributed by atoms with Crippen LogP contribution in [0.3, 0.4) is 0 Å². The van der Waals surface area contributed by atoms with Gasteiger partial charge in [0, 0.05) is 6.42 Å². The van der Waals surface area contributed by atoms with Crippen molar-refractivity contribution in [1.29, 1.82) is 5.26 Å². The lowest BCUT2D eigenvalue weighted by atomic mass is 9.85. The van der Waals surface area contributed by atoms with E-state index in [-0.39, 0.29) is 5.41 Å². The summed E-state index contributed by atoms with van der Waals surface area (Å²) < 4.78 is 5.93. The van der Waals surface area contributed by atoms with E-state index in [1.807, 2.05) is 13.0 Å². The number of hydrogen-bond acceptors (Lipinski definition) is 3. The van der Waals surface area contributed by atoms with Crippen molar-refractivity contribution in [2.75, 3.05) is 13.7 Å². The zero-order valence-corrected chi connectivity index (χ0v) is 13.5. The molecule has 0 aliphatic carbocycles. The quantitative estimate of drug-likeness (QED) is 0.893. The minimum Gasteiger partial charge on any atom is -0.493 e. The summed E-state index contributed by atoms with van der Waals surface area (Å²) in [4.78, 5) is 0. The van der Waals surface area contributed by atoms with Crippen LogP contribution in [-0.4, -0.2) is 19.2 Å². The highest BCUT2D eigenvalue weighted by Crippen LogP contribution is 2.32. The molecule has 0 radical (unpaired) electrons. The van der Waals surface area contributed by atoms with Crippen LogP contribution in [-0.2, 0) is 5.41 Å². The smallest absolute Gasteiger partial charge is 0.123 e. The second-order valence-corrected chi connectivity index (χ2v) is 6.54. The Bertz CT molecular complexity index is 497. The molecule has 3 heteroatoms. The van der Waals surface area contributed by atoms with Crippen molar-refractivity contribution in [2.24, 2.45) is 0 Å². The average molecular weight is 274 g/mol. The Kier molecular flexibility index (Phi) is 5.19. The molecule has 0 bridgehead atoms. The van der Waals surface area contributed by atoms with Crippen LogP contribution in [0, 0.1) is 18.3 Å². The number of rotatable bonds is 5. The number of nitrogens with zero attached hydrogens (tertiary/aromatic N) is 1. The van der Waals surface area contributed by atoms with Crippen molar-refractivity contribution >= 4 is 0 Å². The molecular formula is C17H26N2O. The van der Waals surface area contributed by atoms with E-state index in [0.717, 1.165) is 5.75 Å². The van der Waals surface area contributed by atoms with Gasteiger partial charge in [-0.2, -0.15) is 5.26 Å². The molecule has 0 heterocycles. The summed E-state index contributed by atoms with van der Waals surface area (Å²) in [7, 11) is 1.80. The zero-order valence-electron chi connectivity index (χ0n) is 13.5. The van der Waals surface area contributed by atoms with Gasteiger partial charge in [0.25, 0.3) is 0 Å². The average Bonchev–Trinajstić information content (AvgIpc) is 2.39. The van der Waals surface area contributed by atoms with Crippen LogP contribution < -0.4 is 10.1 Å². The van der Waals surface area contributed by atoms with Crippen LogP contribution in [0.25, 0.3) is 0 Å². The molecule has 0 spiro atoms. The molecule has 0 aliphatic rings. The van der Waals surface area contributed by atoms with Crippen LogP contribution in [0.15, 0.2) is 18.2 Å². The van der Waals surface area contributed by atoms with Crippen molar-refractivity contribution < 1.29 is 4.74 Å². The van der Waals surface area contributed by atoms with Gasteiger partial charge in [0.05, 0.1) is 12.7 Å². The van der Waals surface area contributed by atoms with Crippen molar-refractivity contribution in [3.05, 3.63) is 29.3 Å². The van der Waals surface area contributed by atoms with Crippen molar-refractivity contribution in [3.63, 3.8) is 0 Å². The number of benzene rings is 1. The largest absolute Gasteiger partial charge is 0.493 e. The monoisotopic (exact) mass is 274 g/mol. The van der Waals surface area contributed by atoms with Crippen LogP contribution in [0.4, 0.5) is 0 Å². The molecule has 0 aliphatic heterocycles. The lowest BCUT2D eigenvalue weighted by Crippen LogP contribution is -2.39. The summed E-state index contributed by atoms with van der Waals surface area (Å²) in [6, 6.07) is 8.54. The molecule has 1 aromatic carbocycles. The molecule has 0 saturated heterocycles. The summed E-state index contributed by atoms with van der Waals surface area (Å²) >= 11 is 0. The molecule has 110 valence electrons. The first kappa shape index (κ1) is 16.5. The number of hydrogen-bond donors (Lipinski definition) is 1. The van der Waals surface area contributed by atoms with Gasteiger partial charge in [0.15, 0.2) is 0 Å². The van der Waals surface area contributed by atoms with Gasteiger partial charge < -0.3 is 10.1 Å². The molecule has 1 rings (SSSR count). The van der Waals surface area contributed by atoms with E-state index < -0.39 is 5.54 Å². The third kappa shape index (κ3) is 4.25. The SMILES string of the molecule is CNC(C)(C#N)CCOc1ccc(C)cc1C(C)(C)C. The third-order valence-corrected chi connectivity index (χ3v) is 3.60. The molecule has 20 heavy (non-hydrogen) atoms. The summed E-state index contributed by atoms with van der Waals surface area (Å²) in [6.45, 7) is 11.0. The fraction of sp³-hybridized carbons (Fsp3) is 0.588. The maximum absolute atomic E-state index is 9.13. The van der Waals surface area contributed by atoms with E-state index in [4.69, 9.17) is 10.00 Å². The predicted octanol–water partition coefficient (Wildman–Crippen LogP) is 3.56. The number of nitriles is 1. The molecule has 0 aromatic heterocycles. The molecule has 0 saturated carbocycles. The zero-order chi connectivity index (χ0) is 15.4. The molecule has 3 nitrogen and oxygen atoms in total. The minimum absolute atomic E-state index is 0.0445. The Morgan fingerprint density at radius 3 is 2.40 bits per heavy atom. The van der Waals surface area contributed by atoms with E-state index in [2.05, 4.69) is 51.2 Å². The van der Waals surface area contributed by atoms with E-state index in [1.54, 1.807) is 7.05 Å². The Labute approximate surface area is 123 Å². The van der Waals surface area contributed by atoms with Gasteiger partial charge in [-0.1, -0.05) is 38.5 Å². The number of ether oxygens (including phenoxy) is 1. The summed E-state index contributed by atoms with van der Waals surface area (Å²) in [5.41, 5.74) is 1.95. The standard InChI is InChI=1S/C17H26N2O/c1-13-7-8-15(14(11-13)16(2,3)4)20-10-9-17(5,12-18)19-6/h7-8,11,19H,9-10H2,1-6H3. The number of aryl methyl sites for hydroxylation is 1. The van der Waals surface area contributed by atoms with Crippen molar-refractivity contribution in [2.45, 2.75) is 52.0 Å². The van der Waals surface area contributed by atoms with Crippen molar-refractivity contribution in [3.8, 4) is 11.8 Å². The Hall–Kier alpha value is -1.53. The lowest BCUT2D eigenvalue weighted by molar-refractivity contribution is 0.267. The molecule has 1 atom stereocenters. The van der Waals surface area contributed by atoms with Gasteiger partial charge >= 0.3 is 0 Å². The Morgan fingerprint density at radius 1 is 1.25 bits per heavy atom. The lowest BCUT2D eigenvalue weighted by Gasteiger charge is -2.25. The second kappa shape index (κ2) is 6.28. The first-order valence-electron chi connectivity index (χ1n) is 7.06. The highest BCUT2D eigenvalue weighted by molar-refractivity contribution is 5.41. The van der Waals surface area contributed by atoms with Gasteiger partial charge in [-0.15, -0.1) is 0 Å². The van der Waals surface area contributed by atoms with Crippen LogP contribution in [0.5, 0.6) is 5.75 Å². The first-order chi connectivity index (χ1) is 9.22. The molecular weight excluding hydrogens is 248 g/mol. The van der Waals surface area contributed by atoms with Crippen LogP contribution in [0.1, 0.15) is 45.2 Å². The fourth-order valence-electron chi connectivity index (χ4n) is 1.96. The van der Waals surface area contributed by atoms with Gasteiger partial charge in [-0.25, -0.2) is 0 Å². The Morgan fingerprint density at radius 2 is 1.90 bits per heavy atom. The van der Waals surface area contributed by atoms with Gasteiger partial charge in [0.2, 0.25) is 0 Å². The maximum Gasteiger partial charge on any atom is 0.123 e.